The molecule has 5 heteroatoms. The SMILES string of the molecule is NC(=S)c1ccnc(NC2CCCCC2)n1. The summed E-state index contributed by atoms with van der Waals surface area (Å²) in [4.78, 5) is 8.77. The monoisotopic (exact) mass is 236 g/mol. The van der Waals surface area contributed by atoms with Gasteiger partial charge in [-0.2, -0.15) is 0 Å². The fourth-order valence-corrected chi connectivity index (χ4v) is 2.11. The maximum Gasteiger partial charge on any atom is 0.223 e. The molecule has 0 amide bonds. The van der Waals surface area contributed by atoms with E-state index in [0.29, 0.717) is 22.7 Å². The molecule has 0 aliphatic heterocycles. The highest BCUT2D eigenvalue weighted by atomic mass is 32.1. The molecule has 1 saturated carbocycles. The highest BCUT2D eigenvalue weighted by Gasteiger charge is 2.14. The van der Waals surface area contributed by atoms with Gasteiger partial charge in [0.1, 0.15) is 10.7 Å². The van der Waals surface area contributed by atoms with Crippen LogP contribution in [0.25, 0.3) is 0 Å². The van der Waals surface area contributed by atoms with Gasteiger partial charge in [0.05, 0.1) is 0 Å². The number of anilines is 1. The third kappa shape index (κ3) is 2.88. The van der Waals surface area contributed by atoms with Gasteiger partial charge in [-0.05, 0) is 18.9 Å². The minimum absolute atomic E-state index is 0.314. The number of nitrogens with two attached hydrogens (primary N) is 1. The highest BCUT2D eigenvalue weighted by molar-refractivity contribution is 7.80. The molecule has 86 valence electrons. The topological polar surface area (TPSA) is 63.8 Å². The molecule has 1 aliphatic rings. The number of rotatable bonds is 3. The lowest BCUT2D eigenvalue weighted by molar-refractivity contribution is 0.461. The van der Waals surface area contributed by atoms with Crippen LogP contribution in [-0.4, -0.2) is 21.0 Å². The Bertz CT molecular complexity index is 374. The van der Waals surface area contributed by atoms with Crippen molar-refractivity contribution in [3.05, 3.63) is 18.0 Å². The Labute approximate surface area is 101 Å². The number of hydrogen-bond acceptors (Lipinski definition) is 4. The summed E-state index contributed by atoms with van der Waals surface area (Å²) < 4.78 is 0. The Hall–Kier alpha value is -1.23. The van der Waals surface area contributed by atoms with Crippen LogP contribution in [0.1, 0.15) is 37.8 Å². The number of nitrogens with one attached hydrogen (secondary N) is 1. The van der Waals surface area contributed by atoms with Crippen molar-refractivity contribution in [2.75, 3.05) is 5.32 Å². The fraction of sp³-hybridized carbons (Fsp3) is 0.545. The molecule has 3 N–H and O–H groups in total. The first-order chi connectivity index (χ1) is 7.75. The van der Waals surface area contributed by atoms with Crippen molar-refractivity contribution in [2.45, 2.75) is 38.1 Å². The van der Waals surface area contributed by atoms with Gasteiger partial charge in [-0.1, -0.05) is 31.5 Å². The number of thiocarbonyl (C=S) groups is 1. The number of nitrogens with zero attached hydrogens (tertiary/aromatic N) is 2. The van der Waals surface area contributed by atoms with Crippen molar-refractivity contribution in [1.82, 2.24) is 9.97 Å². The molecule has 1 aliphatic carbocycles. The van der Waals surface area contributed by atoms with Crippen molar-refractivity contribution < 1.29 is 0 Å². The largest absolute Gasteiger partial charge is 0.388 e. The van der Waals surface area contributed by atoms with E-state index in [2.05, 4.69) is 15.3 Å². The van der Waals surface area contributed by atoms with Gasteiger partial charge in [-0.15, -0.1) is 0 Å². The van der Waals surface area contributed by atoms with Crippen LogP contribution in [0.15, 0.2) is 12.3 Å². The second-order valence-electron chi connectivity index (χ2n) is 4.11. The molecule has 0 atom stereocenters. The predicted octanol–water partition coefficient (Wildman–Crippen LogP) is 1.86. The van der Waals surface area contributed by atoms with Crippen molar-refractivity contribution in [3.63, 3.8) is 0 Å². The predicted molar refractivity (Wildman–Crippen MR) is 68.4 cm³/mol. The van der Waals surface area contributed by atoms with E-state index in [1.165, 1.54) is 32.1 Å². The Kier molecular flexibility index (Phi) is 3.66. The smallest absolute Gasteiger partial charge is 0.223 e. The van der Waals surface area contributed by atoms with E-state index in [0.717, 1.165) is 0 Å². The quantitative estimate of drug-likeness (QED) is 0.784. The van der Waals surface area contributed by atoms with Gasteiger partial charge in [0, 0.05) is 12.2 Å². The van der Waals surface area contributed by atoms with E-state index in [4.69, 9.17) is 18.0 Å². The van der Waals surface area contributed by atoms with E-state index >= 15 is 0 Å². The van der Waals surface area contributed by atoms with Gasteiger partial charge in [-0.25, -0.2) is 9.97 Å². The van der Waals surface area contributed by atoms with Crippen LogP contribution < -0.4 is 11.1 Å². The lowest BCUT2D eigenvalue weighted by Gasteiger charge is -2.22. The summed E-state index contributed by atoms with van der Waals surface area (Å²) in [5.41, 5.74) is 6.16. The minimum Gasteiger partial charge on any atom is -0.388 e. The second-order valence-corrected chi connectivity index (χ2v) is 4.55. The van der Waals surface area contributed by atoms with Crippen LogP contribution in [0.3, 0.4) is 0 Å². The summed E-state index contributed by atoms with van der Waals surface area (Å²) in [5, 5.41) is 3.34. The molecule has 0 spiro atoms. The van der Waals surface area contributed by atoms with Crippen molar-refractivity contribution in [1.29, 1.82) is 0 Å². The lowest BCUT2D eigenvalue weighted by atomic mass is 9.96. The van der Waals surface area contributed by atoms with Crippen LogP contribution in [0.5, 0.6) is 0 Å². The van der Waals surface area contributed by atoms with E-state index in [1.54, 1.807) is 12.3 Å². The first-order valence-electron chi connectivity index (χ1n) is 5.65. The van der Waals surface area contributed by atoms with Gasteiger partial charge in [0.25, 0.3) is 0 Å². The van der Waals surface area contributed by atoms with Crippen molar-refractivity contribution >= 4 is 23.2 Å². The highest BCUT2D eigenvalue weighted by Crippen LogP contribution is 2.19. The molecule has 4 nitrogen and oxygen atoms in total. The summed E-state index contributed by atoms with van der Waals surface area (Å²) in [5.74, 6) is 0.636. The molecule has 0 aromatic carbocycles. The summed E-state index contributed by atoms with van der Waals surface area (Å²) >= 11 is 4.89. The molecule has 0 saturated heterocycles. The van der Waals surface area contributed by atoms with Gasteiger partial charge in [0.15, 0.2) is 0 Å². The summed E-state index contributed by atoms with van der Waals surface area (Å²) in [6.07, 6.45) is 7.99. The molecule has 1 heterocycles. The number of aromatic nitrogens is 2. The fourth-order valence-electron chi connectivity index (χ4n) is 1.99. The zero-order valence-electron chi connectivity index (χ0n) is 9.15. The zero-order valence-corrected chi connectivity index (χ0v) is 9.96. The van der Waals surface area contributed by atoms with Crippen molar-refractivity contribution in [3.8, 4) is 0 Å². The molecule has 0 radical (unpaired) electrons. The standard InChI is InChI=1S/C11H16N4S/c12-10(16)9-6-7-13-11(15-9)14-8-4-2-1-3-5-8/h6-8H,1-5H2,(H2,12,16)(H,13,14,15). The lowest BCUT2D eigenvalue weighted by Crippen LogP contribution is -2.24. The Balaban J connectivity index is 2.02. The zero-order chi connectivity index (χ0) is 11.4. The van der Waals surface area contributed by atoms with Crippen LogP contribution in [0.4, 0.5) is 5.95 Å². The third-order valence-corrected chi connectivity index (χ3v) is 3.06. The van der Waals surface area contributed by atoms with Gasteiger partial charge >= 0.3 is 0 Å². The summed E-state index contributed by atoms with van der Waals surface area (Å²) in [7, 11) is 0. The molecular formula is C11H16N4S. The molecular weight excluding hydrogens is 220 g/mol. The van der Waals surface area contributed by atoms with Gasteiger partial charge in [0.2, 0.25) is 5.95 Å². The minimum atomic E-state index is 0.314. The first-order valence-corrected chi connectivity index (χ1v) is 6.06. The Morgan fingerprint density at radius 3 is 2.81 bits per heavy atom. The summed E-state index contributed by atoms with van der Waals surface area (Å²) in [6, 6.07) is 2.23. The number of hydrogen-bond donors (Lipinski definition) is 2. The molecule has 0 bridgehead atoms. The molecule has 2 rings (SSSR count). The van der Waals surface area contributed by atoms with E-state index in [-0.39, 0.29) is 0 Å². The third-order valence-electron chi connectivity index (χ3n) is 2.85. The van der Waals surface area contributed by atoms with Crippen LogP contribution >= 0.6 is 12.2 Å². The molecule has 16 heavy (non-hydrogen) atoms. The Morgan fingerprint density at radius 1 is 1.38 bits per heavy atom. The van der Waals surface area contributed by atoms with Crippen molar-refractivity contribution in [2.24, 2.45) is 5.73 Å². The maximum absolute atomic E-state index is 5.53. The second kappa shape index (κ2) is 5.21. The Morgan fingerprint density at radius 2 is 2.12 bits per heavy atom. The van der Waals surface area contributed by atoms with E-state index in [1.807, 2.05) is 0 Å². The van der Waals surface area contributed by atoms with E-state index < -0.39 is 0 Å². The van der Waals surface area contributed by atoms with Crippen LogP contribution in [-0.2, 0) is 0 Å². The molecule has 1 fully saturated rings. The molecule has 1 aromatic rings. The van der Waals surface area contributed by atoms with Crippen LogP contribution in [0.2, 0.25) is 0 Å². The molecule has 1 aromatic heterocycles. The molecule has 0 unspecified atom stereocenters. The first kappa shape index (κ1) is 11.3. The van der Waals surface area contributed by atoms with Gasteiger partial charge < -0.3 is 11.1 Å². The maximum atomic E-state index is 5.53. The van der Waals surface area contributed by atoms with Gasteiger partial charge in [-0.3, -0.25) is 0 Å². The normalized spacial score (nSPS) is 17.0. The average molecular weight is 236 g/mol. The van der Waals surface area contributed by atoms with E-state index in [9.17, 15) is 0 Å². The summed E-state index contributed by atoms with van der Waals surface area (Å²) in [6.45, 7) is 0. The average Bonchev–Trinajstić information content (AvgIpc) is 2.30. The van der Waals surface area contributed by atoms with Crippen LogP contribution in [0, 0.1) is 0 Å².